The minimum atomic E-state index is -0.448. The van der Waals surface area contributed by atoms with Gasteiger partial charge in [-0.2, -0.15) is 0 Å². The Balaban J connectivity index is 2.17. The second-order valence-corrected chi connectivity index (χ2v) is 5.17. The predicted octanol–water partition coefficient (Wildman–Crippen LogP) is -0.540. The molecule has 7 nitrogen and oxygen atoms in total. The maximum atomic E-state index is 11.9. The van der Waals surface area contributed by atoms with Crippen molar-refractivity contribution in [1.82, 2.24) is 19.1 Å². The summed E-state index contributed by atoms with van der Waals surface area (Å²) in [5, 5.41) is 0. The zero-order valence-corrected chi connectivity index (χ0v) is 10.3. The number of rotatable bonds is 2. The third-order valence-electron chi connectivity index (χ3n) is 3.33. The first-order chi connectivity index (χ1) is 8.50. The highest BCUT2D eigenvalue weighted by molar-refractivity contribution is 5.69. The molecule has 1 saturated heterocycles. The van der Waals surface area contributed by atoms with Gasteiger partial charge in [-0.25, -0.2) is 9.78 Å². The number of aromatic nitrogens is 4. The van der Waals surface area contributed by atoms with Crippen molar-refractivity contribution >= 4 is 11.2 Å². The van der Waals surface area contributed by atoms with E-state index in [-0.39, 0.29) is 5.41 Å². The molecular weight excluding hydrogens is 236 g/mol. The molecule has 1 N–H and O–H groups in total. The van der Waals surface area contributed by atoms with Crippen LogP contribution < -0.4 is 11.2 Å². The molecule has 18 heavy (non-hydrogen) atoms. The highest BCUT2D eigenvalue weighted by Gasteiger charge is 2.34. The lowest BCUT2D eigenvalue weighted by molar-refractivity contribution is -0.109. The van der Waals surface area contributed by atoms with Crippen molar-refractivity contribution in [2.24, 2.45) is 12.5 Å². The summed E-state index contributed by atoms with van der Waals surface area (Å²) in [6.07, 6.45) is 1.60. The van der Waals surface area contributed by atoms with Crippen LogP contribution in [0.15, 0.2) is 15.9 Å². The van der Waals surface area contributed by atoms with Crippen LogP contribution in [0.5, 0.6) is 0 Å². The molecule has 0 amide bonds. The Morgan fingerprint density at radius 1 is 1.50 bits per heavy atom. The Labute approximate surface area is 102 Å². The van der Waals surface area contributed by atoms with Crippen LogP contribution in [0.3, 0.4) is 0 Å². The lowest BCUT2D eigenvalue weighted by Crippen LogP contribution is -2.43. The largest absolute Gasteiger partial charge is 0.380 e. The van der Waals surface area contributed by atoms with E-state index in [4.69, 9.17) is 4.74 Å². The predicted molar refractivity (Wildman–Crippen MR) is 64.5 cm³/mol. The fourth-order valence-electron chi connectivity index (χ4n) is 2.26. The van der Waals surface area contributed by atoms with Crippen LogP contribution in [0.25, 0.3) is 11.2 Å². The Hall–Kier alpha value is -1.89. The van der Waals surface area contributed by atoms with Gasteiger partial charge >= 0.3 is 5.69 Å². The number of nitrogens with one attached hydrogen (secondary N) is 1. The van der Waals surface area contributed by atoms with Crippen molar-refractivity contribution in [1.29, 1.82) is 0 Å². The lowest BCUT2D eigenvalue weighted by Gasteiger charge is -2.38. The molecule has 2 aromatic rings. The summed E-state index contributed by atoms with van der Waals surface area (Å²) in [7, 11) is 1.59. The molecule has 96 valence electrons. The molecule has 0 aliphatic carbocycles. The van der Waals surface area contributed by atoms with E-state index in [1.54, 1.807) is 17.9 Å². The standard InChI is InChI=1S/C11H14N4O3/c1-11(4-18-5-11)3-15-6-12-8-7(15)9(16)13-10(17)14(8)2/h6H,3-5H2,1-2H3,(H,13,16,17). The zero-order chi connectivity index (χ0) is 12.9. The summed E-state index contributed by atoms with van der Waals surface area (Å²) in [4.78, 5) is 29.8. The monoisotopic (exact) mass is 250 g/mol. The van der Waals surface area contributed by atoms with Gasteiger partial charge in [-0.15, -0.1) is 0 Å². The molecule has 2 aromatic heterocycles. The summed E-state index contributed by atoms with van der Waals surface area (Å²) in [5.74, 6) is 0. The number of ether oxygens (including phenoxy) is 1. The number of hydrogen-bond donors (Lipinski definition) is 1. The van der Waals surface area contributed by atoms with Crippen molar-refractivity contribution in [3.05, 3.63) is 27.2 Å². The minimum absolute atomic E-state index is 0.0365. The summed E-state index contributed by atoms with van der Waals surface area (Å²) in [6, 6.07) is 0. The maximum Gasteiger partial charge on any atom is 0.329 e. The van der Waals surface area contributed by atoms with Gasteiger partial charge in [-0.05, 0) is 0 Å². The zero-order valence-electron chi connectivity index (χ0n) is 10.3. The van der Waals surface area contributed by atoms with Gasteiger partial charge < -0.3 is 9.30 Å². The number of H-pyrrole nitrogens is 1. The van der Waals surface area contributed by atoms with E-state index in [9.17, 15) is 9.59 Å². The minimum Gasteiger partial charge on any atom is -0.380 e. The van der Waals surface area contributed by atoms with Gasteiger partial charge in [0, 0.05) is 19.0 Å². The molecule has 1 aliphatic rings. The first kappa shape index (κ1) is 11.2. The van der Waals surface area contributed by atoms with Gasteiger partial charge in [0.2, 0.25) is 0 Å². The van der Waals surface area contributed by atoms with E-state index in [1.165, 1.54) is 4.57 Å². The molecule has 0 spiro atoms. The quantitative estimate of drug-likeness (QED) is 0.776. The molecule has 1 aliphatic heterocycles. The average Bonchev–Trinajstić information content (AvgIpc) is 2.68. The molecule has 1 fully saturated rings. The van der Waals surface area contributed by atoms with Crippen molar-refractivity contribution < 1.29 is 4.74 Å². The van der Waals surface area contributed by atoms with Crippen LogP contribution in [0.1, 0.15) is 6.92 Å². The van der Waals surface area contributed by atoms with Crippen molar-refractivity contribution in [3.63, 3.8) is 0 Å². The van der Waals surface area contributed by atoms with Gasteiger partial charge in [-0.1, -0.05) is 6.92 Å². The normalized spacial score (nSPS) is 17.9. The first-order valence-electron chi connectivity index (χ1n) is 5.72. The first-order valence-corrected chi connectivity index (χ1v) is 5.72. The third-order valence-corrected chi connectivity index (χ3v) is 3.33. The fraction of sp³-hybridized carbons (Fsp3) is 0.545. The van der Waals surface area contributed by atoms with Crippen LogP contribution in [-0.4, -0.2) is 32.3 Å². The molecule has 3 heterocycles. The van der Waals surface area contributed by atoms with Gasteiger partial charge in [0.25, 0.3) is 5.56 Å². The van der Waals surface area contributed by atoms with Gasteiger partial charge in [0.05, 0.1) is 19.5 Å². The topological polar surface area (TPSA) is 81.9 Å². The van der Waals surface area contributed by atoms with Gasteiger partial charge in [0.15, 0.2) is 11.2 Å². The van der Waals surface area contributed by atoms with E-state index >= 15 is 0 Å². The van der Waals surface area contributed by atoms with Gasteiger partial charge in [0.1, 0.15) is 0 Å². The SMILES string of the molecule is Cn1c(=O)[nH]c(=O)c2c1ncn2CC1(C)COC1. The van der Waals surface area contributed by atoms with Gasteiger partial charge in [-0.3, -0.25) is 14.3 Å². The number of fused-ring (bicyclic) bond motifs is 1. The molecule has 0 aromatic carbocycles. The van der Waals surface area contributed by atoms with E-state index in [0.29, 0.717) is 30.9 Å². The Bertz CT molecular complexity index is 720. The maximum absolute atomic E-state index is 11.9. The lowest BCUT2D eigenvalue weighted by atomic mass is 9.88. The summed E-state index contributed by atoms with van der Waals surface area (Å²) >= 11 is 0. The van der Waals surface area contributed by atoms with Crippen molar-refractivity contribution in [3.8, 4) is 0 Å². The Morgan fingerprint density at radius 2 is 2.22 bits per heavy atom. The van der Waals surface area contributed by atoms with Crippen LogP contribution >= 0.6 is 0 Å². The second-order valence-electron chi connectivity index (χ2n) is 5.17. The van der Waals surface area contributed by atoms with E-state index in [1.807, 2.05) is 0 Å². The van der Waals surface area contributed by atoms with Crippen molar-refractivity contribution in [2.45, 2.75) is 13.5 Å². The number of nitrogens with zero attached hydrogens (tertiary/aromatic N) is 3. The van der Waals surface area contributed by atoms with Crippen LogP contribution in [0.2, 0.25) is 0 Å². The summed E-state index contributed by atoms with van der Waals surface area (Å²) in [5.41, 5.74) is 0.0394. The van der Waals surface area contributed by atoms with E-state index in [0.717, 1.165) is 0 Å². The summed E-state index contributed by atoms with van der Waals surface area (Å²) < 4.78 is 8.32. The smallest absolute Gasteiger partial charge is 0.329 e. The Morgan fingerprint density at radius 3 is 2.83 bits per heavy atom. The number of hydrogen-bond acceptors (Lipinski definition) is 4. The van der Waals surface area contributed by atoms with E-state index in [2.05, 4.69) is 16.9 Å². The van der Waals surface area contributed by atoms with Crippen LogP contribution in [0.4, 0.5) is 0 Å². The van der Waals surface area contributed by atoms with Crippen molar-refractivity contribution in [2.75, 3.05) is 13.2 Å². The molecule has 0 unspecified atom stereocenters. The molecule has 7 heteroatoms. The molecule has 0 radical (unpaired) electrons. The number of aryl methyl sites for hydroxylation is 1. The molecular formula is C11H14N4O3. The number of imidazole rings is 1. The summed E-state index contributed by atoms with van der Waals surface area (Å²) in [6.45, 7) is 4.11. The fourth-order valence-corrected chi connectivity index (χ4v) is 2.26. The molecule has 0 atom stereocenters. The molecule has 0 saturated carbocycles. The third kappa shape index (κ3) is 1.51. The van der Waals surface area contributed by atoms with E-state index < -0.39 is 11.2 Å². The highest BCUT2D eigenvalue weighted by atomic mass is 16.5. The second kappa shape index (κ2) is 3.55. The number of aromatic amines is 1. The Kier molecular flexibility index (Phi) is 2.21. The average molecular weight is 250 g/mol. The van der Waals surface area contributed by atoms with Crippen LogP contribution in [-0.2, 0) is 18.3 Å². The highest BCUT2D eigenvalue weighted by Crippen LogP contribution is 2.29. The molecule has 3 rings (SSSR count). The molecule has 0 bridgehead atoms. The van der Waals surface area contributed by atoms with Crippen LogP contribution in [0, 0.1) is 5.41 Å².